The first-order valence-electron chi connectivity index (χ1n) is 12.5. The minimum atomic E-state index is -0.404. The van der Waals surface area contributed by atoms with E-state index in [9.17, 15) is 5.11 Å². The Labute approximate surface area is 203 Å². The fourth-order valence-electron chi connectivity index (χ4n) is 6.69. The first-order valence-corrected chi connectivity index (χ1v) is 13.3. The van der Waals surface area contributed by atoms with Gasteiger partial charge in [0.2, 0.25) is 0 Å². The van der Waals surface area contributed by atoms with Gasteiger partial charge >= 0.3 is 0 Å². The highest BCUT2D eigenvalue weighted by Crippen LogP contribution is 2.60. The Balaban J connectivity index is 1.80. The van der Waals surface area contributed by atoms with Crippen LogP contribution in [0.1, 0.15) is 71.8 Å². The van der Waals surface area contributed by atoms with Crippen LogP contribution in [0.3, 0.4) is 0 Å². The van der Waals surface area contributed by atoms with Crippen LogP contribution < -0.4 is 0 Å². The Hall–Kier alpha value is -0.940. The van der Waals surface area contributed by atoms with Gasteiger partial charge in [-0.05, 0) is 88.1 Å². The molecule has 0 amide bonds. The summed E-state index contributed by atoms with van der Waals surface area (Å²) in [7, 11) is 0. The molecule has 1 saturated carbocycles. The second kappa shape index (κ2) is 9.74. The summed E-state index contributed by atoms with van der Waals surface area (Å²) >= 11 is 3.55. The zero-order valence-corrected chi connectivity index (χ0v) is 21.8. The number of halogens is 1. The number of aliphatic hydroxyl groups is 1. The van der Waals surface area contributed by atoms with Crippen molar-refractivity contribution in [1.29, 1.82) is 0 Å². The van der Waals surface area contributed by atoms with Crippen molar-refractivity contribution < 1.29 is 9.84 Å². The van der Waals surface area contributed by atoms with Gasteiger partial charge in [-0.1, -0.05) is 59.6 Å². The van der Waals surface area contributed by atoms with Crippen molar-refractivity contribution in [1.82, 2.24) is 4.90 Å². The summed E-state index contributed by atoms with van der Waals surface area (Å²) in [5, 5.41) is 11.7. The SMILES string of the molecule is C/C=C\C1=C(C)[C@]2(C(O)CC)CCN(CC3CC3)[C@H](C1)[C@@]2(CC)OCc1ccc(Br)cc1. The highest BCUT2D eigenvalue weighted by atomic mass is 79.9. The Kier molecular flexibility index (Phi) is 7.36. The molecule has 4 rings (SSSR count). The van der Waals surface area contributed by atoms with Crippen molar-refractivity contribution in [2.75, 3.05) is 13.1 Å². The fourth-order valence-corrected chi connectivity index (χ4v) is 6.95. The number of aliphatic hydroxyl groups excluding tert-OH is 1. The third-order valence-corrected chi connectivity index (χ3v) is 9.07. The molecule has 3 aliphatic rings. The van der Waals surface area contributed by atoms with Gasteiger partial charge in [-0.2, -0.15) is 0 Å². The predicted octanol–water partition coefficient (Wildman–Crippen LogP) is 6.65. The van der Waals surface area contributed by atoms with E-state index in [1.54, 1.807) is 0 Å². The standard InChI is InChI=1S/C28H40BrNO2/c1-5-8-23-17-25-28(7-3,32-19-22-11-13-24(29)14-12-22)27(20(23)4,26(31)6-2)15-16-30(25)18-21-9-10-21/h5,8,11-14,21,25-26,31H,6-7,9-10,15-19H2,1-4H3/b8-5-/t25-,26?,27+,28-/m1/s1. The van der Waals surface area contributed by atoms with Gasteiger partial charge in [0.05, 0.1) is 18.3 Å². The quantitative estimate of drug-likeness (QED) is 0.410. The van der Waals surface area contributed by atoms with E-state index in [2.05, 4.69) is 84.9 Å². The van der Waals surface area contributed by atoms with E-state index in [-0.39, 0.29) is 5.41 Å². The van der Waals surface area contributed by atoms with Gasteiger partial charge in [0.15, 0.2) is 0 Å². The van der Waals surface area contributed by atoms with Gasteiger partial charge in [0.25, 0.3) is 0 Å². The Bertz CT molecular complexity index is 859. The van der Waals surface area contributed by atoms with Crippen LogP contribution in [0.15, 0.2) is 52.0 Å². The first-order chi connectivity index (χ1) is 15.4. The molecule has 0 spiro atoms. The molecule has 3 nitrogen and oxygen atoms in total. The summed E-state index contributed by atoms with van der Waals surface area (Å²) in [6.07, 6.45) is 10.4. The van der Waals surface area contributed by atoms with Crippen LogP contribution in [0.5, 0.6) is 0 Å². The average Bonchev–Trinajstić information content (AvgIpc) is 3.62. The Morgan fingerprint density at radius 1 is 1.25 bits per heavy atom. The molecule has 1 unspecified atom stereocenters. The van der Waals surface area contributed by atoms with Crippen molar-refractivity contribution in [3.63, 3.8) is 0 Å². The lowest BCUT2D eigenvalue weighted by atomic mass is 9.51. The van der Waals surface area contributed by atoms with Crippen molar-refractivity contribution >= 4 is 15.9 Å². The number of likely N-dealkylation sites (tertiary alicyclic amines) is 1. The highest BCUT2D eigenvalue weighted by Gasteiger charge is 2.65. The summed E-state index contributed by atoms with van der Waals surface area (Å²) in [4.78, 5) is 2.72. The molecule has 32 heavy (non-hydrogen) atoms. The van der Waals surface area contributed by atoms with E-state index in [4.69, 9.17) is 4.74 Å². The molecule has 0 aromatic heterocycles. The van der Waals surface area contributed by atoms with Crippen LogP contribution >= 0.6 is 15.9 Å². The third-order valence-electron chi connectivity index (χ3n) is 8.54. The zero-order chi connectivity index (χ0) is 22.9. The van der Waals surface area contributed by atoms with E-state index in [0.29, 0.717) is 12.6 Å². The molecular weight excluding hydrogens is 462 g/mol. The molecule has 2 aliphatic carbocycles. The van der Waals surface area contributed by atoms with Gasteiger partial charge in [-0.15, -0.1) is 0 Å². The molecule has 2 bridgehead atoms. The molecule has 4 heteroatoms. The number of nitrogens with zero attached hydrogens (tertiary/aromatic N) is 1. The maximum Gasteiger partial charge on any atom is 0.0960 e. The number of hydrogen-bond donors (Lipinski definition) is 1. The number of rotatable bonds is 9. The second-order valence-corrected chi connectivity index (χ2v) is 11.0. The van der Waals surface area contributed by atoms with Crippen LogP contribution in [0.4, 0.5) is 0 Å². The maximum absolute atomic E-state index is 11.7. The molecule has 1 N–H and O–H groups in total. The Morgan fingerprint density at radius 2 is 1.97 bits per heavy atom. The lowest BCUT2D eigenvalue weighted by Gasteiger charge is -2.65. The molecule has 4 atom stereocenters. The summed E-state index contributed by atoms with van der Waals surface area (Å²) in [6, 6.07) is 8.76. The number of fused-ring (bicyclic) bond motifs is 2. The third kappa shape index (κ3) is 4.06. The van der Waals surface area contributed by atoms with E-state index in [1.165, 1.54) is 36.1 Å². The number of piperidine rings is 1. The van der Waals surface area contributed by atoms with Crippen LogP contribution in [-0.2, 0) is 11.3 Å². The summed E-state index contributed by atoms with van der Waals surface area (Å²) < 4.78 is 8.18. The molecule has 1 aromatic rings. The first kappa shape index (κ1) is 24.2. The molecule has 1 aliphatic heterocycles. The summed E-state index contributed by atoms with van der Waals surface area (Å²) in [6.45, 7) is 11.6. The molecule has 1 saturated heterocycles. The van der Waals surface area contributed by atoms with Gasteiger partial charge in [-0.25, -0.2) is 0 Å². The minimum absolute atomic E-state index is 0.299. The molecule has 0 radical (unpaired) electrons. The number of hydrogen-bond acceptors (Lipinski definition) is 3. The van der Waals surface area contributed by atoms with Crippen molar-refractivity contribution in [2.45, 2.75) is 90.6 Å². The summed E-state index contributed by atoms with van der Waals surface area (Å²) in [5.41, 5.74) is 3.21. The average molecular weight is 503 g/mol. The van der Waals surface area contributed by atoms with E-state index in [1.807, 2.05) is 0 Å². The molecule has 176 valence electrons. The summed E-state index contributed by atoms with van der Waals surface area (Å²) in [5.74, 6) is 0.844. The van der Waals surface area contributed by atoms with Gasteiger partial charge in [0.1, 0.15) is 0 Å². The Morgan fingerprint density at radius 3 is 2.56 bits per heavy atom. The number of allylic oxidation sites excluding steroid dienone is 2. The predicted molar refractivity (Wildman–Crippen MR) is 136 cm³/mol. The molecular formula is C28H40BrNO2. The normalized spacial score (nSPS) is 32.0. The molecule has 1 heterocycles. The highest BCUT2D eigenvalue weighted by molar-refractivity contribution is 9.10. The van der Waals surface area contributed by atoms with E-state index < -0.39 is 11.7 Å². The van der Waals surface area contributed by atoms with E-state index >= 15 is 0 Å². The molecule has 2 fully saturated rings. The van der Waals surface area contributed by atoms with Crippen molar-refractivity contribution in [3.8, 4) is 0 Å². The van der Waals surface area contributed by atoms with Crippen LogP contribution in [0.2, 0.25) is 0 Å². The van der Waals surface area contributed by atoms with Crippen molar-refractivity contribution in [3.05, 3.63) is 57.6 Å². The largest absolute Gasteiger partial charge is 0.392 e. The van der Waals surface area contributed by atoms with Gasteiger partial charge < -0.3 is 9.84 Å². The van der Waals surface area contributed by atoms with Crippen LogP contribution in [0, 0.1) is 11.3 Å². The monoisotopic (exact) mass is 501 g/mol. The van der Waals surface area contributed by atoms with Crippen molar-refractivity contribution in [2.24, 2.45) is 11.3 Å². The van der Waals surface area contributed by atoms with Crippen LogP contribution in [0.25, 0.3) is 0 Å². The second-order valence-electron chi connectivity index (χ2n) is 10.1. The maximum atomic E-state index is 11.7. The lowest BCUT2D eigenvalue weighted by molar-refractivity contribution is -0.236. The number of benzene rings is 1. The van der Waals surface area contributed by atoms with Crippen LogP contribution in [-0.4, -0.2) is 40.8 Å². The fraction of sp³-hybridized carbons (Fsp3) is 0.643. The topological polar surface area (TPSA) is 32.7 Å². The number of ether oxygens (including phenoxy) is 1. The van der Waals surface area contributed by atoms with Gasteiger partial charge in [-0.3, -0.25) is 4.90 Å². The zero-order valence-electron chi connectivity index (χ0n) is 20.2. The van der Waals surface area contributed by atoms with E-state index in [0.717, 1.165) is 42.6 Å². The lowest BCUT2D eigenvalue weighted by Crippen LogP contribution is -2.72. The molecule has 1 aromatic carbocycles. The van der Waals surface area contributed by atoms with Gasteiger partial charge in [0, 0.05) is 22.5 Å². The minimum Gasteiger partial charge on any atom is -0.392 e. The smallest absolute Gasteiger partial charge is 0.0960 e.